The van der Waals surface area contributed by atoms with E-state index in [-0.39, 0.29) is 16.2 Å². The largest absolute Gasteiger partial charge is 0.906 e. The van der Waals surface area contributed by atoms with E-state index < -0.39 is 15.1 Å². The summed E-state index contributed by atoms with van der Waals surface area (Å²) in [6.45, 7) is 15.4. The highest BCUT2D eigenvalue weighted by atomic mass is 27.3. The van der Waals surface area contributed by atoms with E-state index >= 15 is 0 Å². The van der Waals surface area contributed by atoms with Crippen molar-refractivity contribution in [1.82, 2.24) is 0 Å². The smallest absolute Gasteiger partial charge is 0.451 e. The fraction of sp³-hybridized carbons (Fsp3) is 1.00. The molecule has 6 saturated carbocycles. The number of hydrogen-bond donors (Lipinski definition) is 0. The molecular formula is C39H69AlO3. The van der Waals surface area contributed by atoms with Crippen molar-refractivity contribution in [2.24, 2.45) is 51.8 Å². The molecule has 43 heavy (non-hydrogen) atoms. The second-order valence-electron chi connectivity index (χ2n) is 18.0. The van der Waals surface area contributed by atoms with Crippen LogP contribution in [0.15, 0.2) is 0 Å². The molecule has 0 amide bonds. The Morgan fingerprint density at radius 1 is 0.419 bits per heavy atom. The lowest BCUT2D eigenvalue weighted by Crippen LogP contribution is -2.54. The van der Waals surface area contributed by atoms with Crippen molar-refractivity contribution in [3.8, 4) is 0 Å². The third kappa shape index (κ3) is 6.60. The Morgan fingerprint density at radius 3 is 0.884 bits per heavy atom. The quantitative estimate of drug-likeness (QED) is 0.205. The molecular weight excluding hydrogens is 543 g/mol. The molecule has 3 nitrogen and oxygen atoms in total. The average Bonchev–Trinajstić information content (AvgIpc) is 3.83. The standard InChI is InChI=1S/3C13H23O.Al/c3*1-10-6-5-9-13(10,2)12(14)11-7-3-4-8-11;/h3*10-12H,3-9H2,1-2H3;/q3*-1;+3. The molecule has 6 aliphatic carbocycles. The molecule has 0 heterocycles. The minimum absolute atomic E-state index is 0.258. The monoisotopic (exact) mass is 613 g/mol. The third-order valence-corrected chi connectivity index (χ3v) is 17.2. The minimum Gasteiger partial charge on any atom is -0.451 e. The first-order valence-electron chi connectivity index (χ1n) is 19.6. The predicted molar refractivity (Wildman–Crippen MR) is 180 cm³/mol. The predicted octanol–water partition coefficient (Wildman–Crippen LogP) is 11.2. The molecule has 0 aromatic rings. The summed E-state index contributed by atoms with van der Waals surface area (Å²) in [7, 11) is 0. The van der Waals surface area contributed by atoms with Crippen LogP contribution in [0.25, 0.3) is 0 Å². The van der Waals surface area contributed by atoms with Gasteiger partial charge in [0, 0.05) is 18.3 Å². The Hall–Kier alpha value is 0.412. The second kappa shape index (κ2) is 13.9. The Bertz CT molecular complexity index is 779. The Labute approximate surface area is 272 Å². The first kappa shape index (κ1) is 33.3. The molecule has 0 spiro atoms. The lowest BCUT2D eigenvalue weighted by molar-refractivity contribution is -0.119. The van der Waals surface area contributed by atoms with Gasteiger partial charge in [-0.2, -0.15) is 0 Å². The van der Waals surface area contributed by atoms with Crippen LogP contribution in [0.2, 0.25) is 0 Å². The summed E-state index contributed by atoms with van der Waals surface area (Å²) in [5.74, 6) is 4.23. The molecule has 0 radical (unpaired) electrons. The van der Waals surface area contributed by atoms with Crippen molar-refractivity contribution in [3.05, 3.63) is 0 Å². The lowest BCUT2D eigenvalue weighted by Gasteiger charge is -2.48. The third-order valence-electron chi connectivity index (χ3n) is 15.6. The molecule has 9 unspecified atom stereocenters. The van der Waals surface area contributed by atoms with Crippen LogP contribution in [-0.4, -0.2) is 33.5 Å². The zero-order valence-corrected chi connectivity index (χ0v) is 30.5. The molecule has 4 heteroatoms. The molecule has 6 rings (SSSR count). The van der Waals surface area contributed by atoms with E-state index in [1.165, 1.54) is 135 Å². The van der Waals surface area contributed by atoms with Gasteiger partial charge in [0.05, 0.1) is 0 Å². The second-order valence-corrected chi connectivity index (χ2v) is 19.4. The Kier molecular flexibility index (Phi) is 10.7. The molecule has 0 aromatic heterocycles. The SMILES string of the molecule is CC1CCCC1(C)C([O][Al]([O]C(C1CCCC1)C1(C)CCCC1C)[O]C(C1CCCC1)C1(C)CCCC1C)C1CCCC1. The highest BCUT2D eigenvalue weighted by molar-refractivity contribution is 6.36. The molecule has 0 aliphatic heterocycles. The van der Waals surface area contributed by atoms with Gasteiger partial charge in [-0.3, -0.25) is 0 Å². The van der Waals surface area contributed by atoms with Crippen LogP contribution in [0, 0.1) is 51.8 Å². The van der Waals surface area contributed by atoms with Crippen molar-refractivity contribution >= 4 is 15.1 Å². The van der Waals surface area contributed by atoms with Crippen LogP contribution >= 0.6 is 0 Å². The molecule has 6 aliphatic rings. The highest BCUT2D eigenvalue weighted by Crippen LogP contribution is 2.55. The van der Waals surface area contributed by atoms with Gasteiger partial charge >= 0.3 is 15.1 Å². The maximum Gasteiger partial charge on any atom is 0.906 e. The van der Waals surface area contributed by atoms with Gasteiger partial charge in [0.2, 0.25) is 0 Å². The number of hydrogen-bond acceptors (Lipinski definition) is 3. The van der Waals surface area contributed by atoms with Crippen LogP contribution in [-0.2, 0) is 11.4 Å². The zero-order chi connectivity index (χ0) is 30.2. The van der Waals surface area contributed by atoms with Crippen LogP contribution in [0.4, 0.5) is 0 Å². The van der Waals surface area contributed by atoms with Crippen molar-refractivity contribution in [2.75, 3.05) is 0 Å². The van der Waals surface area contributed by atoms with Crippen LogP contribution in [0.1, 0.15) is 176 Å². The van der Waals surface area contributed by atoms with E-state index in [4.69, 9.17) is 11.4 Å². The molecule has 0 bridgehead atoms. The van der Waals surface area contributed by atoms with Crippen molar-refractivity contribution in [2.45, 2.75) is 195 Å². The van der Waals surface area contributed by atoms with E-state index in [0.717, 1.165) is 17.8 Å². The maximum absolute atomic E-state index is 7.75. The fourth-order valence-electron chi connectivity index (χ4n) is 12.0. The summed E-state index contributed by atoms with van der Waals surface area (Å²) in [5.41, 5.74) is 0.773. The first-order chi connectivity index (χ1) is 20.6. The van der Waals surface area contributed by atoms with Crippen LogP contribution in [0.5, 0.6) is 0 Å². The zero-order valence-electron chi connectivity index (χ0n) is 29.3. The highest BCUT2D eigenvalue weighted by Gasteiger charge is 2.57. The molecule has 0 aromatic carbocycles. The lowest BCUT2D eigenvalue weighted by atomic mass is 9.71. The molecule has 9 atom stereocenters. The Balaban J connectivity index is 1.36. The summed E-state index contributed by atoms with van der Waals surface area (Å²) in [6, 6.07) is 0. The van der Waals surface area contributed by atoms with Gasteiger partial charge in [-0.25, -0.2) is 0 Å². The Morgan fingerprint density at radius 2 is 0.674 bits per heavy atom. The van der Waals surface area contributed by atoms with Gasteiger partial charge in [-0.05, 0) is 110 Å². The average molecular weight is 613 g/mol. The van der Waals surface area contributed by atoms with E-state index in [1.807, 2.05) is 0 Å². The van der Waals surface area contributed by atoms with Gasteiger partial charge in [-0.15, -0.1) is 0 Å². The summed E-state index contributed by atoms with van der Waals surface area (Å²) in [4.78, 5) is 0. The van der Waals surface area contributed by atoms with Crippen LogP contribution < -0.4 is 0 Å². The van der Waals surface area contributed by atoms with Crippen molar-refractivity contribution < 1.29 is 11.4 Å². The van der Waals surface area contributed by atoms with Gasteiger partial charge in [0.15, 0.2) is 0 Å². The van der Waals surface area contributed by atoms with Crippen molar-refractivity contribution in [1.29, 1.82) is 0 Å². The van der Waals surface area contributed by atoms with Gasteiger partial charge in [0.25, 0.3) is 0 Å². The molecule has 0 saturated heterocycles. The van der Waals surface area contributed by atoms with Gasteiger partial charge in [-0.1, -0.05) is 119 Å². The van der Waals surface area contributed by atoms with E-state index in [2.05, 4.69) is 41.5 Å². The summed E-state index contributed by atoms with van der Waals surface area (Å²) >= 11 is -2.46. The van der Waals surface area contributed by atoms with Gasteiger partial charge < -0.3 is 11.4 Å². The molecule has 0 N–H and O–H groups in total. The summed E-state index contributed by atoms with van der Waals surface area (Å²) in [5, 5.41) is 0. The summed E-state index contributed by atoms with van der Waals surface area (Å²) < 4.78 is 23.2. The minimum atomic E-state index is -2.46. The topological polar surface area (TPSA) is 27.7 Å². The fourth-order valence-corrected chi connectivity index (χ4v) is 14.5. The normalized spacial score (nSPS) is 41.9. The maximum atomic E-state index is 7.75. The first-order valence-corrected chi connectivity index (χ1v) is 21.0. The summed E-state index contributed by atoms with van der Waals surface area (Å²) in [6.07, 6.45) is 29.4. The van der Waals surface area contributed by atoms with Gasteiger partial charge in [0.1, 0.15) is 0 Å². The molecule has 246 valence electrons. The van der Waals surface area contributed by atoms with E-state index in [9.17, 15) is 0 Å². The van der Waals surface area contributed by atoms with E-state index in [1.54, 1.807) is 0 Å². The number of rotatable bonds is 12. The van der Waals surface area contributed by atoms with Crippen LogP contribution in [0.3, 0.4) is 0 Å². The van der Waals surface area contributed by atoms with Crippen molar-refractivity contribution in [3.63, 3.8) is 0 Å². The molecule has 6 fully saturated rings. The van der Waals surface area contributed by atoms with E-state index in [0.29, 0.717) is 36.1 Å².